The average molecular weight is 610 g/mol. The highest BCUT2D eigenvalue weighted by Gasteiger charge is 2.37. The lowest BCUT2D eigenvalue weighted by Crippen LogP contribution is -2.52. The summed E-state index contributed by atoms with van der Waals surface area (Å²) in [6.07, 6.45) is 6.54. The van der Waals surface area contributed by atoms with Crippen LogP contribution in [-0.2, 0) is 32.1 Å². The fraction of sp³-hybridized carbons (Fsp3) is 0.568. The van der Waals surface area contributed by atoms with E-state index in [4.69, 9.17) is 14.2 Å². The fourth-order valence-corrected chi connectivity index (χ4v) is 5.29. The van der Waals surface area contributed by atoms with Crippen molar-refractivity contribution in [3.8, 4) is 5.75 Å². The number of aliphatic hydroxyl groups excluding tert-OH is 1. The first-order valence-electron chi connectivity index (χ1n) is 16.2. The van der Waals surface area contributed by atoms with Crippen LogP contribution in [-0.4, -0.2) is 60.4 Å². The zero-order chi connectivity index (χ0) is 32.5. The Morgan fingerprint density at radius 1 is 0.955 bits per heavy atom. The molecular formula is C37H55NO6. The lowest BCUT2D eigenvalue weighted by Gasteiger charge is -2.35. The number of carbonyl (C=O) groups is 2. The average Bonchev–Trinajstić information content (AvgIpc) is 3.03. The molecule has 1 N–H and O–H groups in total. The number of nitrogens with zero attached hydrogens (tertiary/aromatic N) is 1. The molecule has 7 nitrogen and oxygen atoms in total. The third-order valence-electron chi connectivity index (χ3n) is 8.22. The molecule has 1 amide bonds. The van der Waals surface area contributed by atoms with E-state index in [0.717, 1.165) is 49.0 Å². The Bertz CT molecular complexity index is 1100. The van der Waals surface area contributed by atoms with E-state index < -0.39 is 30.1 Å². The number of benzene rings is 2. The largest absolute Gasteiger partial charge is 0.497 e. The van der Waals surface area contributed by atoms with Crippen molar-refractivity contribution in [2.24, 2.45) is 11.8 Å². The Balaban J connectivity index is 2.17. The lowest BCUT2D eigenvalue weighted by molar-refractivity contribution is -0.171. The second-order valence-corrected chi connectivity index (χ2v) is 12.1. The first-order valence-corrected chi connectivity index (χ1v) is 16.2. The minimum absolute atomic E-state index is 0.261. The van der Waals surface area contributed by atoms with Gasteiger partial charge < -0.3 is 24.2 Å². The number of carbonyl (C=O) groups excluding carboxylic acids is 2. The van der Waals surface area contributed by atoms with Gasteiger partial charge in [-0.05, 0) is 55.4 Å². The van der Waals surface area contributed by atoms with Crippen LogP contribution in [0.15, 0.2) is 67.3 Å². The predicted molar refractivity (Wildman–Crippen MR) is 176 cm³/mol. The third kappa shape index (κ3) is 12.1. The number of unbranched alkanes of at least 4 members (excludes halogenated alkanes) is 4. The van der Waals surface area contributed by atoms with Gasteiger partial charge in [0.25, 0.3) is 5.91 Å². The first-order chi connectivity index (χ1) is 21.1. The fourth-order valence-electron chi connectivity index (χ4n) is 5.29. The van der Waals surface area contributed by atoms with E-state index in [1.165, 1.54) is 11.3 Å². The standard InChI is InChI=1S/C37H55NO6/c1-8-10-11-12-16-20-34(43-26-30-21-23-31(42-7)24-22-30)28(5)37(41)44-35(27(3)4)36(40)38(6)32(33(39)17-9-2)25-29-18-14-13-15-19-29/h9,13-15,18-19,21-24,27-28,32-35,39H,2,8,10-12,16-17,20,25-26H2,1,3-7H3/t28-,32-,33+,34+,35-/m0/s1. The summed E-state index contributed by atoms with van der Waals surface area (Å²) in [5, 5.41) is 11.0. The van der Waals surface area contributed by atoms with Gasteiger partial charge in [0.2, 0.25) is 0 Å². The zero-order valence-electron chi connectivity index (χ0n) is 27.7. The van der Waals surface area contributed by atoms with E-state index in [2.05, 4.69) is 13.5 Å². The van der Waals surface area contributed by atoms with Crippen molar-refractivity contribution < 1.29 is 28.9 Å². The summed E-state index contributed by atoms with van der Waals surface area (Å²) < 4.78 is 17.6. The van der Waals surface area contributed by atoms with E-state index in [-0.39, 0.29) is 17.9 Å². The summed E-state index contributed by atoms with van der Waals surface area (Å²) in [5.41, 5.74) is 1.99. The van der Waals surface area contributed by atoms with Crippen LogP contribution in [0.25, 0.3) is 0 Å². The molecule has 5 atom stereocenters. The van der Waals surface area contributed by atoms with Crippen molar-refractivity contribution in [2.45, 2.75) is 110 Å². The van der Waals surface area contributed by atoms with E-state index in [0.29, 0.717) is 19.4 Å². The second kappa shape index (κ2) is 20.0. The first kappa shape index (κ1) is 37.0. The van der Waals surface area contributed by atoms with Gasteiger partial charge in [0.1, 0.15) is 5.75 Å². The monoisotopic (exact) mass is 609 g/mol. The number of aliphatic hydroxyl groups is 1. The maximum atomic E-state index is 13.9. The van der Waals surface area contributed by atoms with Crippen LogP contribution in [0.2, 0.25) is 0 Å². The molecule has 2 rings (SSSR count). The minimum atomic E-state index is -0.990. The summed E-state index contributed by atoms with van der Waals surface area (Å²) in [7, 11) is 3.30. The van der Waals surface area contributed by atoms with Crippen molar-refractivity contribution in [1.29, 1.82) is 0 Å². The Kier molecular flexibility index (Phi) is 16.8. The van der Waals surface area contributed by atoms with Crippen molar-refractivity contribution >= 4 is 11.9 Å². The summed E-state index contributed by atoms with van der Waals surface area (Å²) >= 11 is 0. The van der Waals surface area contributed by atoms with Crippen molar-refractivity contribution in [1.82, 2.24) is 4.90 Å². The van der Waals surface area contributed by atoms with Gasteiger partial charge in [0.05, 0.1) is 37.9 Å². The van der Waals surface area contributed by atoms with Crippen LogP contribution in [0.4, 0.5) is 0 Å². The van der Waals surface area contributed by atoms with Crippen LogP contribution in [0, 0.1) is 11.8 Å². The summed E-state index contributed by atoms with van der Waals surface area (Å²) in [6, 6.07) is 16.9. The molecule has 0 unspecified atom stereocenters. The maximum absolute atomic E-state index is 13.9. The summed E-state index contributed by atoms with van der Waals surface area (Å²) in [4.78, 5) is 29.0. The van der Waals surface area contributed by atoms with Crippen LogP contribution < -0.4 is 4.74 Å². The number of esters is 1. The smallest absolute Gasteiger partial charge is 0.312 e. The minimum Gasteiger partial charge on any atom is -0.497 e. The molecule has 0 aliphatic heterocycles. The topological polar surface area (TPSA) is 85.3 Å². The molecule has 0 heterocycles. The highest BCUT2D eigenvalue weighted by molar-refractivity contribution is 5.85. The molecule has 0 bridgehead atoms. The van der Waals surface area contributed by atoms with Crippen molar-refractivity contribution in [2.75, 3.05) is 14.2 Å². The number of likely N-dealkylation sites (N-methyl/N-ethyl adjacent to an activating group) is 1. The number of methoxy groups -OCH3 is 1. The van der Waals surface area contributed by atoms with Gasteiger partial charge in [-0.15, -0.1) is 6.58 Å². The number of ether oxygens (including phenoxy) is 3. The summed E-state index contributed by atoms with van der Waals surface area (Å²) in [5.74, 6) is -0.839. The van der Waals surface area contributed by atoms with Gasteiger partial charge in [0, 0.05) is 7.05 Å². The highest BCUT2D eigenvalue weighted by atomic mass is 16.6. The molecule has 244 valence electrons. The molecule has 0 saturated heterocycles. The molecule has 0 saturated carbocycles. The van der Waals surface area contributed by atoms with Gasteiger partial charge in [-0.3, -0.25) is 9.59 Å². The van der Waals surface area contributed by atoms with Gasteiger partial charge in [-0.2, -0.15) is 0 Å². The van der Waals surface area contributed by atoms with Crippen LogP contribution in [0.1, 0.15) is 83.8 Å². The molecular weight excluding hydrogens is 554 g/mol. The molecule has 0 aliphatic rings. The van der Waals surface area contributed by atoms with Crippen LogP contribution in [0.3, 0.4) is 0 Å². The number of rotatable bonds is 21. The van der Waals surface area contributed by atoms with Crippen LogP contribution >= 0.6 is 0 Å². The molecule has 0 aliphatic carbocycles. The second-order valence-electron chi connectivity index (χ2n) is 12.1. The molecule has 2 aromatic rings. The third-order valence-corrected chi connectivity index (χ3v) is 8.22. The van der Waals surface area contributed by atoms with Crippen molar-refractivity contribution in [3.63, 3.8) is 0 Å². The normalized spacial score (nSPS) is 14.7. The maximum Gasteiger partial charge on any atom is 0.312 e. The molecule has 0 aromatic heterocycles. The molecule has 0 fully saturated rings. The quantitative estimate of drug-likeness (QED) is 0.0919. The Morgan fingerprint density at radius 2 is 1.61 bits per heavy atom. The number of amides is 1. The molecule has 7 heteroatoms. The lowest BCUT2D eigenvalue weighted by atomic mass is 9.96. The summed E-state index contributed by atoms with van der Waals surface area (Å²) in [6.45, 7) is 11.9. The van der Waals surface area contributed by atoms with E-state index in [1.807, 2.05) is 75.4 Å². The van der Waals surface area contributed by atoms with E-state index >= 15 is 0 Å². The Morgan fingerprint density at radius 3 is 2.20 bits per heavy atom. The van der Waals surface area contributed by atoms with Gasteiger partial charge in [0.15, 0.2) is 6.10 Å². The van der Waals surface area contributed by atoms with Crippen LogP contribution in [0.5, 0.6) is 5.75 Å². The zero-order valence-corrected chi connectivity index (χ0v) is 27.7. The number of hydrogen-bond acceptors (Lipinski definition) is 6. The number of hydrogen-bond donors (Lipinski definition) is 1. The van der Waals surface area contributed by atoms with E-state index in [1.54, 1.807) is 20.2 Å². The van der Waals surface area contributed by atoms with Crippen molar-refractivity contribution in [3.05, 3.63) is 78.4 Å². The molecule has 0 radical (unpaired) electrons. The Hall–Kier alpha value is -3.16. The molecule has 0 spiro atoms. The van der Waals surface area contributed by atoms with Gasteiger partial charge >= 0.3 is 5.97 Å². The predicted octanol–water partition coefficient (Wildman–Crippen LogP) is 7.15. The van der Waals surface area contributed by atoms with E-state index in [9.17, 15) is 14.7 Å². The Labute approximate surface area is 265 Å². The SMILES string of the molecule is C=CC[C@@H](O)[C@H](Cc1ccccc1)N(C)C(=O)[C@@H](OC(=O)[C@@H](C)[C@@H](CCCCCCC)OCc1ccc(OC)cc1)C(C)C. The molecule has 44 heavy (non-hydrogen) atoms. The molecule has 2 aromatic carbocycles. The van der Waals surface area contributed by atoms with Gasteiger partial charge in [-0.25, -0.2) is 0 Å². The van der Waals surface area contributed by atoms with Gasteiger partial charge in [-0.1, -0.05) is 101 Å². The highest BCUT2D eigenvalue weighted by Crippen LogP contribution is 2.24.